The molecule has 5 heteroatoms. The zero-order valence-electron chi connectivity index (χ0n) is 5.50. The third-order valence-corrected chi connectivity index (χ3v) is 1.38. The minimum absolute atomic E-state index is 0. The molecule has 4 nitrogen and oxygen atoms in total. The number of nitrogens with zero attached hydrogens (tertiary/aromatic N) is 1. The largest absolute Gasteiger partial charge is 0.297 e. The van der Waals surface area contributed by atoms with E-state index in [1.165, 1.54) is 6.20 Å². The van der Waals surface area contributed by atoms with Crippen LogP contribution in [0.1, 0.15) is 0 Å². The molecule has 0 aliphatic carbocycles. The summed E-state index contributed by atoms with van der Waals surface area (Å²) in [4.78, 5) is 14.7. The van der Waals surface area contributed by atoms with Gasteiger partial charge in [0.15, 0.2) is 0 Å². The van der Waals surface area contributed by atoms with Crippen molar-refractivity contribution in [1.29, 1.82) is 0 Å². The van der Waals surface area contributed by atoms with E-state index in [-0.39, 0.29) is 18.0 Å². The predicted molar refractivity (Wildman–Crippen MR) is 44.0 cm³/mol. The van der Waals surface area contributed by atoms with Gasteiger partial charge in [-0.1, -0.05) is 0 Å². The van der Waals surface area contributed by atoms with Crippen molar-refractivity contribution in [3.8, 4) is 0 Å². The van der Waals surface area contributed by atoms with E-state index in [2.05, 4.69) is 15.2 Å². The topological polar surface area (TPSA) is 61.5 Å². The SMILES string of the molecule is Cl.O=c1[nH][nH]c2ccncc12. The van der Waals surface area contributed by atoms with Crippen molar-refractivity contribution >= 4 is 23.3 Å². The van der Waals surface area contributed by atoms with E-state index < -0.39 is 0 Å². The summed E-state index contributed by atoms with van der Waals surface area (Å²) >= 11 is 0. The summed E-state index contributed by atoms with van der Waals surface area (Å²) in [6, 6.07) is 1.74. The van der Waals surface area contributed by atoms with Gasteiger partial charge in [-0.3, -0.25) is 20.0 Å². The Labute approximate surface area is 68.0 Å². The van der Waals surface area contributed by atoms with E-state index in [1.807, 2.05) is 0 Å². The average Bonchev–Trinajstić information content (AvgIpc) is 2.34. The molecule has 2 aromatic rings. The monoisotopic (exact) mass is 171 g/mol. The van der Waals surface area contributed by atoms with Crippen LogP contribution in [0.25, 0.3) is 10.9 Å². The first-order chi connectivity index (χ1) is 4.88. The lowest BCUT2D eigenvalue weighted by Crippen LogP contribution is -1.97. The number of rotatable bonds is 0. The zero-order chi connectivity index (χ0) is 6.97. The van der Waals surface area contributed by atoms with Crippen LogP contribution in [0, 0.1) is 0 Å². The van der Waals surface area contributed by atoms with Gasteiger partial charge in [-0.25, -0.2) is 0 Å². The lowest BCUT2D eigenvalue weighted by molar-refractivity contribution is 1.08. The van der Waals surface area contributed by atoms with Gasteiger partial charge in [0.05, 0.1) is 10.9 Å². The minimum atomic E-state index is -0.122. The molecule has 0 unspecified atom stereocenters. The van der Waals surface area contributed by atoms with Crippen LogP contribution in [0.4, 0.5) is 0 Å². The average molecular weight is 172 g/mol. The molecule has 0 radical (unpaired) electrons. The Morgan fingerprint density at radius 3 is 2.91 bits per heavy atom. The number of aromatic amines is 2. The first-order valence-electron chi connectivity index (χ1n) is 2.88. The molecule has 0 bridgehead atoms. The highest BCUT2D eigenvalue weighted by Crippen LogP contribution is 2.00. The summed E-state index contributed by atoms with van der Waals surface area (Å²) < 4.78 is 0. The molecule has 0 amide bonds. The number of halogens is 1. The molecule has 0 saturated heterocycles. The summed E-state index contributed by atoms with van der Waals surface area (Å²) in [5.74, 6) is 0. The van der Waals surface area contributed by atoms with Crippen LogP contribution >= 0.6 is 12.4 Å². The molecule has 0 aromatic carbocycles. The molecule has 0 spiro atoms. The second-order valence-corrected chi connectivity index (χ2v) is 2.00. The van der Waals surface area contributed by atoms with Gasteiger partial charge in [0, 0.05) is 12.4 Å². The molecular formula is C6H6ClN3O. The third kappa shape index (κ3) is 1.12. The maximum absolute atomic E-state index is 10.9. The van der Waals surface area contributed by atoms with Crippen LogP contribution < -0.4 is 5.56 Å². The van der Waals surface area contributed by atoms with Crippen molar-refractivity contribution < 1.29 is 0 Å². The highest BCUT2D eigenvalue weighted by atomic mass is 35.5. The van der Waals surface area contributed by atoms with Crippen LogP contribution in [0.15, 0.2) is 23.3 Å². The fourth-order valence-corrected chi connectivity index (χ4v) is 0.876. The van der Waals surface area contributed by atoms with E-state index in [9.17, 15) is 4.79 Å². The predicted octanol–water partition coefficient (Wildman–Crippen LogP) is 0.673. The van der Waals surface area contributed by atoms with E-state index in [0.717, 1.165) is 5.52 Å². The van der Waals surface area contributed by atoms with Crippen LogP contribution in [-0.2, 0) is 0 Å². The number of H-pyrrole nitrogens is 2. The lowest BCUT2D eigenvalue weighted by atomic mass is 10.3. The molecule has 0 saturated carbocycles. The van der Waals surface area contributed by atoms with E-state index in [4.69, 9.17) is 0 Å². The molecule has 0 aliphatic heterocycles. The van der Waals surface area contributed by atoms with Gasteiger partial charge < -0.3 is 0 Å². The smallest absolute Gasteiger partial charge is 0.273 e. The van der Waals surface area contributed by atoms with E-state index in [1.54, 1.807) is 12.3 Å². The number of hydrogen-bond acceptors (Lipinski definition) is 2. The van der Waals surface area contributed by atoms with Gasteiger partial charge in [-0.2, -0.15) is 0 Å². The standard InChI is InChI=1S/C6H5N3O.ClH/c10-6-4-3-7-2-1-5(4)8-9-6;/h1-3H,(H2,8,9,10);1H. The Kier molecular flexibility index (Phi) is 1.96. The van der Waals surface area contributed by atoms with Crippen LogP contribution in [0.2, 0.25) is 0 Å². The zero-order valence-corrected chi connectivity index (χ0v) is 6.31. The highest BCUT2D eigenvalue weighted by Gasteiger charge is 1.96. The summed E-state index contributed by atoms with van der Waals surface area (Å²) in [7, 11) is 0. The van der Waals surface area contributed by atoms with Crippen molar-refractivity contribution in [2.45, 2.75) is 0 Å². The van der Waals surface area contributed by atoms with Crippen molar-refractivity contribution in [2.24, 2.45) is 0 Å². The fraction of sp³-hybridized carbons (Fsp3) is 0. The Morgan fingerprint density at radius 2 is 2.18 bits per heavy atom. The van der Waals surface area contributed by atoms with Crippen LogP contribution in [-0.4, -0.2) is 15.2 Å². The van der Waals surface area contributed by atoms with E-state index in [0.29, 0.717) is 5.39 Å². The van der Waals surface area contributed by atoms with Crippen molar-refractivity contribution in [3.05, 3.63) is 28.8 Å². The molecule has 0 fully saturated rings. The quantitative estimate of drug-likeness (QED) is 0.612. The highest BCUT2D eigenvalue weighted by molar-refractivity contribution is 5.85. The van der Waals surface area contributed by atoms with Crippen LogP contribution in [0.3, 0.4) is 0 Å². The van der Waals surface area contributed by atoms with Gasteiger partial charge in [-0.05, 0) is 6.07 Å². The Bertz CT molecular complexity index is 405. The molecule has 11 heavy (non-hydrogen) atoms. The maximum atomic E-state index is 10.9. The van der Waals surface area contributed by atoms with Crippen molar-refractivity contribution in [2.75, 3.05) is 0 Å². The Hall–Kier alpha value is -1.29. The summed E-state index contributed by atoms with van der Waals surface area (Å²) in [5.41, 5.74) is 0.670. The molecule has 2 N–H and O–H groups in total. The molecule has 0 aliphatic rings. The van der Waals surface area contributed by atoms with Gasteiger partial charge in [0.2, 0.25) is 0 Å². The minimum Gasteiger partial charge on any atom is -0.297 e. The van der Waals surface area contributed by atoms with Crippen molar-refractivity contribution in [1.82, 2.24) is 15.2 Å². The van der Waals surface area contributed by atoms with E-state index >= 15 is 0 Å². The number of hydrogen-bond donors (Lipinski definition) is 2. The van der Waals surface area contributed by atoms with Crippen molar-refractivity contribution in [3.63, 3.8) is 0 Å². The molecule has 2 rings (SSSR count). The molecule has 2 aromatic heterocycles. The lowest BCUT2D eigenvalue weighted by Gasteiger charge is -1.80. The number of nitrogens with one attached hydrogen (secondary N) is 2. The first kappa shape index (κ1) is 7.81. The second kappa shape index (κ2) is 2.75. The molecule has 58 valence electrons. The number of fused-ring (bicyclic) bond motifs is 1. The van der Waals surface area contributed by atoms with Gasteiger partial charge in [0.1, 0.15) is 0 Å². The van der Waals surface area contributed by atoms with Gasteiger partial charge in [0.25, 0.3) is 5.56 Å². The summed E-state index contributed by atoms with van der Waals surface area (Å²) in [6.45, 7) is 0. The third-order valence-electron chi connectivity index (χ3n) is 1.38. The number of pyridine rings is 1. The Balaban J connectivity index is 0.000000605. The van der Waals surface area contributed by atoms with Crippen LogP contribution in [0.5, 0.6) is 0 Å². The summed E-state index contributed by atoms with van der Waals surface area (Å²) in [6.07, 6.45) is 3.16. The van der Waals surface area contributed by atoms with Gasteiger partial charge >= 0.3 is 0 Å². The molecule has 2 heterocycles. The fourth-order valence-electron chi connectivity index (χ4n) is 0.876. The maximum Gasteiger partial charge on any atom is 0.273 e. The molecule has 0 atom stereocenters. The second-order valence-electron chi connectivity index (χ2n) is 2.00. The molecular weight excluding hydrogens is 166 g/mol. The number of aromatic nitrogens is 3. The van der Waals surface area contributed by atoms with Gasteiger partial charge in [-0.15, -0.1) is 12.4 Å². The normalized spacial score (nSPS) is 9.45. The Morgan fingerprint density at radius 1 is 1.36 bits per heavy atom. The summed E-state index contributed by atoms with van der Waals surface area (Å²) in [5, 5.41) is 5.77. The first-order valence-corrected chi connectivity index (χ1v) is 2.88.